The van der Waals surface area contributed by atoms with Crippen LogP contribution in [-0.4, -0.2) is 43.8 Å². The van der Waals surface area contributed by atoms with E-state index in [1.54, 1.807) is 31.0 Å². The van der Waals surface area contributed by atoms with E-state index < -0.39 is 13.9 Å². The van der Waals surface area contributed by atoms with Crippen LogP contribution in [0.3, 0.4) is 0 Å². The maximum absolute atomic E-state index is 13.8. The molecule has 6 nitrogen and oxygen atoms in total. The Morgan fingerprint density at radius 3 is 2.50 bits per heavy atom. The molecule has 2 atom stereocenters. The van der Waals surface area contributed by atoms with Crippen LogP contribution in [0.15, 0.2) is 12.1 Å². The fourth-order valence-electron chi connectivity index (χ4n) is 4.23. The van der Waals surface area contributed by atoms with Crippen LogP contribution in [0.1, 0.15) is 51.2 Å². The number of hydrogen-bond donors (Lipinski definition) is 0. The molecule has 1 saturated carbocycles. The Hall–Kier alpha value is -1.88. The van der Waals surface area contributed by atoms with E-state index in [0.717, 1.165) is 12.8 Å². The van der Waals surface area contributed by atoms with Crippen LogP contribution < -0.4 is 4.90 Å². The summed E-state index contributed by atoms with van der Waals surface area (Å²) >= 11 is 6.32. The number of hydrogen-bond acceptors (Lipinski definition) is 4. The highest BCUT2D eigenvalue weighted by Gasteiger charge is 2.64. The second-order valence-corrected chi connectivity index (χ2v) is 15.0. The van der Waals surface area contributed by atoms with Gasteiger partial charge in [-0.3, -0.25) is 4.79 Å². The Balaban J connectivity index is 2.05. The van der Waals surface area contributed by atoms with Gasteiger partial charge in [-0.15, -0.1) is 0 Å². The van der Waals surface area contributed by atoms with E-state index in [1.807, 2.05) is 6.07 Å². The van der Waals surface area contributed by atoms with Crippen molar-refractivity contribution >= 4 is 37.5 Å². The van der Waals surface area contributed by atoms with Gasteiger partial charge in [-0.05, 0) is 62.0 Å². The van der Waals surface area contributed by atoms with E-state index >= 15 is 0 Å². The van der Waals surface area contributed by atoms with Gasteiger partial charge in [0.1, 0.15) is 11.6 Å². The molecular formula is C22H30ClN3O3Si. The van der Waals surface area contributed by atoms with Crippen molar-refractivity contribution in [2.75, 3.05) is 11.9 Å². The van der Waals surface area contributed by atoms with Crippen LogP contribution in [-0.2, 0) is 9.22 Å². The molecule has 2 fully saturated rings. The number of imide groups is 1. The molecule has 1 aromatic carbocycles. The lowest BCUT2D eigenvalue weighted by Gasteiger charge is -2.43. The first-order valence-corrected chi connectivity index (χ1v) is 13.6. The van der Waals surface area contributed by atoms with E-state index in [9.17, 15) is 14.9 Å². The van der Waals surface area contributed by atoms with Crippen molar-refractivity contribution in [1.82, 2.24) is 4.90 Å². The molecule has 0 unspecified atom stereocenters. The summed E-state index contributed by atoms with van der Waals surface area (Å²) in [5, 5.41) is 9.48. The van der Waals surface area contributed by atoms with Gasteiger partial charge in [0, 0.05) is 7.05 Å². The Morgan fingerprint density at radius 2 is 1.93 bits per heavy atom. The van der Waals surface area contributed by atoms with Gasteiger partial charge in [-0.2, -0.15) is 5.26 Å². The molecule has 1 aliphatic heterocycles. The zero-order chi connectivity index (χ0) is 22.6. The highest BCUT2D eigenvalue weighted by atomic mass is 35.5. The third-order valence-corrected chi connectivity index (χ3v) is 12.1. The largest absolute Gasteiger partial charge is 0.411 e. The molecule has 1 spiro atoms. The van der Waals surface area contributed by atoms with Gasteiger partial charge in [0.2, 0.25) is 0 Å². The normalized spacial score (nSPS) is 24.8. The number of benzene rings is 1. The second-order valence-electron chi connectivity index (χ2n) is 9.85. The van der Waals surface area contributed by atoms with E-state index in [0.29, 0.717) is 23.2 Å². The lowest BCUT2D eigenvalue weighted by molar-refractivity contribution is -0.128. The summed E-state index contributed by atoms with van der Waals surface area (Å²) < 4.78 is 6.69. The predicted octanol–water partition coefficient (Wildman–Crippen LogP) is 5.23. The van der Waals surface area contributed by atoms with Crippen molar-refractivity contribution in [2.45, 2.75) is 76.7 Å². The Labute approximate surface area is 184 Å². The predicted molar refractivity (Wildman–Crippen MR) is 120 cm³/mol. The van der Waals surface area contributed by atoms with Gasteiger partial charge in [-0.1, -0.05) is 32.4 Å². The van der Waals surface area contributed by atoms with Gasteiger partial charge < -0.3 is 9.33 Å². The van der Waals surface area contributed by atoms with Gasteiger partial charge in [0.05, 0.1) is 22.4 Å². The van der Waals surface area contributed by atoms with Crippen molar-refractivity contribution in [3.63, 3.8) is 0 Å². The molecule has 1 aromatic rings. The smallest absolute Gasteiger partial charge is 0.332 e. The Morgan fingerprint density at radius 1 is 1.30 bits per heavy atom. The number of nitrogens with zero attached hydrogens (tertiary/aromatic N) is 3. The van der Waals surface area contributed by atoms with Crippen LogP contribution in [0.25, 0.3) is 0 Å². The molecule has 162 valence electrons. The number of carbonyl (C=O) groups excluding carboxylic acids is 2. The van der Waals surface area contributed by atoms with Crippen molar-refractivity contribution < 1.29 is 14.0 Å². The molecule has 0 aromatic heterocycles. The molecule has 1 heterocycles. The highest BCUT2D eigenvalue weighted by Crippen LogP contribution is 2.48. The van der Waals surface area contributed by atoms with Crippen LogP contribution in [0.5, 0.6) is 0 Å². The molecule has 0 radical (unpaired) electrons. The molecule has 30 heavy (non-hydrogen) atoms. The van der Waals surface area contributed by atoms with Crippen molar-refractivity contribution in [3.05, 3.63) is 28.3 Å². The monoisotopic (exact) mass is 447 g/mol. The summed E-state index contributed by atoms with van der Waals surface area (Å²) in [5.41, 5.74) is 0.290. The summed E-state index contributed by atoms with van der Waals surface area (Å²) in [6, 6.07) is 4.83. The van der Waals surface area contributed by atoms with E-state index in [-0.39, 0.29) is 28.1 Å². The average Bonchev–Trinajstić information content (AvgIpc) is 3.14. The number of anilines is 1. The molecule has 1 aliphatic carbocycles. The summed E-state index contributed by atoms with van der Waals surface area (Å²) in [6.07, 6.45) is 1.81. The molecule has 1 saturated heterocycles. The van der Waals surface area contributed by atoms with Crippen LogP contribution >= 0.6 is 11.6 Å². The standard InChI is InChI=1S/C22H30ClN3O3Si/c1-14-16(11-10-15(13-24)18(14)23)26-19(27)22(25(5)20(26)28)12-8-9-17(22)29-30(6,7)21(2,3)4/h10-11,17H,8-9,12H2,1-7H3/t17-,22-/m1/s1. The van der Waals surface area contributed by atoms with Crippen molar-refractivity contribution in [1.29, 1.82) is 5.26 Å². The minimum atomic E-state index is -2.14. The molecular weight excluding hydrogens is 418 g/mol. The minimum absolute atomic E-state index is 0.00205. The maximum atomic E-state index is 13.8. The van der Waals surface area contributed by atoms with Crippen molar-refractivity contribution in [2.24, 2.45) is 0 Å². The maximum Gasteiger partial charge on any atom is 0.332 e. The molecule has 0 N–H and O–H groups in total. The summed E-state index contributed by atoms with van der Waals surface area (Å²) in [6.45, 7) is 12.6. The highest BCUT2D eigenvalue weighted by molar-refractivity contribution is 6.74. The Kier molecular flexibility index (Phi) is 5.60. The number of nitriles is 1. The molecule has 2 aliphatic rings. The second kappa shape index (κ2) is 7.36. The van der Waals surface area contributed by atoms with Crippen molar-refractivity contribution in [3.8, 4) is 6.07 Å². The van der Waals surface area contributed by atoms with E-state index in [1.165, 1.54) is 4.90 Å². The van der Waals surface area contributed by atoms with Crippen LogP contribution in [0.2, 0.25) is 23.2 Å². The number of halogens is 1. The topological polar surface area (TPSA) is 73.6 Å². The quantitative estimate of drug-likeness (QED) is 0.469. The van der Waals surface area contributed by atoms with Gasteiger partial charge in [-0.25, -0.2) is 9.69 Å². The lowest BCUT2D eigenvalue weighted by atomic mass is 9.93. The summed E-state index contributed by atoms with van der Waals surface area (Å²) in [5.74, 6) is -0.264. The summed E-state index contributed by atoms with van der Waals surface area (Å²) in [7, 11) is -0.455. The van der Waals surface area contributed by atoms with Gasteiger partial charge in [0.15, 0.2) is 8.32 Å². The molecule has 8 heteroatoms. The first kappa shape index (κ1) is 22.8. The number of rotatable bonds is 3. The zero-order valence-electron chi connectivity index (χ0n) is 18.8. The minimum Gasteiger partial charge on any atom is -0.411 e. The molecule has 0 bridgehead atoms. The Bertz CT molecular complexity index is 950. The van der Waals surface area contributed by atoms with Gasteiger partial charge >= 0.3 is 6.03 Å². The third kappa shape index (κ3) is 3.17. The SMILES string of the molecule is Cc1c(N2C(=O)N(C)[C@@]3(CCC[C@H]3O[Si](C)(C)C(C)(C)C)C2=O)ccc(C#N)c1Cl. The number of likely N-dealkylation sites (N-methyl/N-ethyl adjacent to an activating group) is 1. The third-order valence-electron chi connectivity index (χ3n) is 7.17. The molecule has 3 amide bonds. The van der Waals surface area contributed by atoms with Crippen LogP contribution in [0.4, 0.5) is 10.5 Å². The van der Waals surface area contributed by atoms with E-state index in [4.69, 9.17) is 16.0 Å². The fraction of sp³-hybridized carbons (Fsp3) is 0.591. The zero-order valence-corrected chi connectivity index (χ0v) is 20.6. The number of amides is 3. The first-order chi connectivity index (χ1) is 13.8. The summed E-state index contributed by atoms with van der Waals surface area (Å²) in [4.78, 5) is 29.9. The first-order valence-electron chi connectivity index (χ1n) is 10.3. The number of carbonyl (C=O) groups is 2. The van der Waals surface area contributed by atoms with Crippen LogP contribution in [0, 0.1) is 18.3 Å². The molecule has 3 rings (SSSR count). The number of urea groups is 1. The van der Waals surface area contributed by atoms with E-state index in [2.05, 4.69) is 33.9 Å². The average molecular weight is 448 g/mol. The van der Waals surface area contributed by atoms with Gasteiger partial charge in [0.25, 0.3) is 5.91 Å². The lowest BCUT2D eigenvalue weighted by Crippen LogP contribution is -2.58. The fourth-order valence-corrected chi connectivity index (χ4v) is 5.81.